The molecule has 16 heavy (non-hydrogen) atoms. The Kier molecular flexibility index (Phi) is 5.35. The molecule has 1 aromatic heterocycles. The standard InChI is InChI=1S/C12H21N3O/c1-5-16-12(9(2)3)11(13-4)10-6-14-8-15-7-10/h6-9,11-13H,5H2,1-4H3. The van der Waals surface area contributed by atoms with Crippen molar-refractivity contribution in [3.8, 4) is 0 Å². The third-order valence-corrected chi connectivity index (χ3v) is 2.60. The highest BCUT2D eigenvalue weighted by Crippen LogP contribution is 2.23. The number of aromatic nitrogens is 2. The van der Waals surface area contributed by atoms with E-state index in [1.807, 2.05) is 26.4 Å². The van der Waals surface area contributed by atoms with Gasteiger partial charge >= 0.3 is 0 Å². The number of likely N-dealkylation sites (N-methyl/N-ethyl adjacent to an activating group) is 1. The normalized spacial score (nSPS) is 15.1. The van der Waals surface area contributed by atoms with Gasteiger partial charge in [-0.05, 0) is 19.9 Å². The summed E-state index contributed by atoms with van der Waals surface area (Å²) in [4.78, 5) is 8.10. The van der Waals surface area contributed by atoms with Gasteiger partial charge in [0, 0.05) is 24.6 Å². The topological polar surface area (TPSA) is 47.0 Å². The van der Waals surface area contributed by atoms with E-state index >= 15 is 0 Å². The molecule has 0 aromatic carbocycles. The van der Waals surface area contributed by atoms with Gasteiger partial charge in [0.1, 0.15) is 6.33 Å². The van der Waals surface area contributed by atoms with Gasteiger partial charge in [0.15, 0.2) is 0 Å². The molecule has 0 aliphatic heterocycles. The van der Waals surface area contributed by atoms with Crippen molar-refractivity contribution in [1.82, 2.24) is 15.3 Å². The van der Waals surface area contributed by atoms with E-state index in [1.165, 1.54) is 0 Å². The number of nitrogens with zero attached hydrogens (tertiary/aromatic N) is 2. The summed E-state index contributed by atoms with van der Waals surface area (Å²) in [5.74, 6) is 0.442. The van der Waals surface area contributed by atoms with E-state index in [-0.39, 0.29) is 12.1 Å². The number of hydrogen-bond acceptors (Lipinski definition) is 4. The summed E-state index contributed by atoms with van der Waals surface area (Å²) in [5, 5.41) is 3.28. The fourth-order valence-corrected chi connectivity index (χ4v) is 1.86. The molecule has 1 aromatic rings. The van der Waals surface area contributed by atoms with Crippen LogP contribution < -0.4 is 5.32 Å². The molecule has 0 aliphatic carbocycles. The van der Waals surface area contributed by atoms with Gasteiger partial charge in [-0.3, -0.25) is 0 Å². The van der Waals surface area contributed by atoms with Crippen LogP contribution in [-0.2, 0) is 4.74 Å². The minimum Gasteiger partial charge on any atom is -0.376 e. The van der Waals surface area contributed by atoms with E-state index < -0.39 is 0 Å². The summed E-state index contributed by atoms with van der Waals surface area (Å²) >= 11 is 0. The van der Waals surface area contributed by atoms with Crippen molar-refractivity contribution in [3.05, 3.63) is 24.3 Å². The Morgan fingerprint density at radius 1 is 1.31 bits per heavy atom. The molecule has 4 heteroatoms. The molecule has 0 bridgehead atoms. The fourth-order valence-electron chi connectivity index (χ4n) is 1.86. The minimum atomic E-state index is 0.140. The summed E-state index contributed by atoms with van der Waals surface area (Å²) in [7, 11) is 1.94. The smallest absolute Gasteiger partial charge is 0.115 e. The van der Waals surface area contributed by atoms with Crippen molar-refractivity contribution < 1.29 is 4.74 Å². The lowest BCUT2D eigenvalue weighted by Crippen LogP contribution is -2.35. The quantitative estimate of drug-likeness (QED) is 0.799. The van der Waals surface area contributed by atoms with Gasteiger partial charge in [0.05, 0.1) is 12.1 Å². The number of ether oxygens (including phenoxy) is 1. The predicted molar refractivity (Wildman–Crippen MR) is 64.1 cm³/mol. The summed E-state index contributed by atoms with van der Waals surface area (Å²) in [5.41, 5.74) is 1.07. The number of nitrogens with one attached hydrogen (secondary N) is 1. The molecule has 1 N–H and O–H groups in total. The Morgan fingerprint density at radius 3 is 2.38 bits per heavy atom. The Bertz CT molecular complexity index is 290. The van der Waals surface area contributed by atoms with Crippen molar-refractivity contribution in [2.75, 3.05) is 13.7 Å². The fraction of sp³-hybridized carbons (Fsp3) is 0.667. The van der Waals surface area contributed by atoms with E-state index in [2.05, 4.69) is 29.1 Å². The molecule has 0 fully saturated rings. The molecule has 0 spiro atoms. The monoisotopic (exact) mass is 223 g/mol. The van der Waals surface area contributed by atoms with E-state index in [0.717, 1.165) is 5.56 Å². The largest absolute Gasteiger partial charge is 0.376 e. The second-order valence-corrected chi connectivity index (χ2v) is 4.10. The van der Waals surface area contributed by atoms with E-state index in [1.54, 1.807) is 6.33 Å². The zero-order valence-corrected chi connectivity index (χ0v) is 10.5. The Hall–Kier alpha value is -1.00. The average molecular weight is 223 g/mol. The second-order valence-electron chi connectivity index (χ2n) is 4.10. The summed E-state index contributed by atoms with van der Waals surface area (Å²) < 4.78 is 5.79. The zero-order valence-electron chi connectivity index (χ0n) is 10.5. The van der Waals surface area contributed by atoms with Crippen molar-refractivity contribution in [3.63, 3.8) is 0 Å². The van der Waals surface area contributed by atoms with Crippen LogP contribution in [0.4, 0.5) is 0 Å². The molecule has 0 amide bonds. The van der Waals surface area contributed by atoms with Crippen LogP contribution in [0.15, 0.2) is 18.7 Å². The Balaban J connectivity index is 2.86. The SMILES string of the molecule is CCOC(C(C)C)C(NC)c1cncnc1. The maximum atomic E-state index is 5.79. The molecule has 0 saturated heterocycles. The first-order valence-corrected chi connectivity index (χ1v) is 5.74. The van der Waals surface area contributed by atoms with Crippen molar-refractivity contribution in [1.29, 1.82) is 0 Å². The molecule has 4 nitrogen and oxygen atoms in total. The maximum Gasteiger partial charge on any atom is 0.115 e. The summed E-state index contributed by atoms with van der Waals surface area (Å²) in [6.07, 6.45) is 5.35. The Labute approximate surface area is 97.5 Å². The van der Waals surface area contributed by atoms with Crippen LogP contribution in [0.25, 0.3) is 0 Å². The first-order valence-electron chi connectivity index (χ1n) is 5.74. The summed E-state index contributed by atoms with van der Waals surface area (Å²) in [6, 6.07) is 0.140. The molecule has 90 valence electrons. The van der Waals surface area contributed by atoms with Crippen molar-refractivity contribution in [2.45, 2.75) is 32.9 Å². The van der Waals surface area contributed by atoms with Crippen LogP contribution in [0.3, 0.4) is 0 Å². The van der Waals surface area contributed by atoms with Gasteiger partial charge in [0.25, 0.3) is 0 Å². The Morgan fingerprint density at radius 2 is 1.94 bits per heavy atom. The summed E-state index contributed by atoms with van der Waals surface area (Å²) in [6.45, 7) is 7.06. The maximum absolute atomic E-state index is 5.79. The van der Waals surface area contributed by atoms with Crippen LogP contribution in [-0.4, -0.2) is 29.7 Å². The van der Waals surface area contributed by atoms with Crippen LogP contribution in [0.2, 0.25) is 0 Å². The van der Waals surface area contributed by atoms with Crippen LogP contribution in [0.1, 0.15) is 32.4 Å². The predicted octanol–water partition coefficient (Wildman–Crippen LogP) is 1.80. The first-order chi connectivity index (χ1) is 7.70. The van der Waals surface area contributed by atoms with E-state index in [0.29, 0.717) is 12.5 Å². The number of hydrogen-bond donors (Lipinski definition) is 1. The highest BCUT2D eigenvalue weighted by atomic mass is 16.5. The van der Waals surface area contributed by atoms with Gasteiger partial charge in [-0.1, -0.05) is 13.8 Å². The molecular weight excluding hydrogens is 202 g/mol. The molecule has 1 heterocycles. The molecule has 0 aliphatic rings. The van der Waals surface area contributed by atoms with Crippen molar-refractivity contribution >= 4 is 0 Å². The van der Waals surface area contributed by atoms with Gasteiger partial charge in [-0.15, -0.1) is 0 Å². The highest BCUT2D eigenvalue weighted by molar-refractivity contribution is 5.11. The molecule has 0 saturated carbocycles. The van der Waals surface area contributed by atoms with Crippen LogP contribution >= 0.6 is 0 Å². The molecule has 2 unspecified atom stereocenters. The lowest BCUT2D eigenvalue weighted by molar-refractivity contribution is 0.00444. The van der Waals surface area contributed by atoms with Gasteiger partial charge in [-0.25, -0.2) is 9.97 Å². The second kappa shape index (κ2) is 6.55. The minimum absolute atomic E-state index is 0.140. The van der Waals surface area contributed by atoms with Gasteiger partial charge < -0.3 is 10.1 Å². The molecular formula is C12H21N3O. The average Bonchev–Trinajstić information content (AvgIpc) is 2.30. The third-order valence-electron chi connectivity index (χ3n) is 2.60. The molecule has 2 atom stereocenters. The lowest BCUT2D eigenvalue weighted by Gasteiger charge is -2.29. The highest BCUT2D eigenvalue weighted by Gasteiger charge is 2.25. The van der Waals surface area contributed by atoms with Crippen LogP contribution in [0.5, 0.6) is 0 Å². The molecule has 1 rings (SSSR count). The molecule has 0 radical (unpaired) electrons. The van der Waals surface area contributed by atoms with Crippen LogP contribution in [0, 0.1) is 5.92 Å². The van der Waals surface area contributed by atoms with Gasteiger partial charge in [0.2, 0.25) is 0 Å². The third kappa shape index (κ3) is 3.25. The zero-order chi connectivity index (χ0) is 12.0. The first kappa shape index (κ1) is 13.1. The van der Waals surface area contributed by atoms with Crippen molar-refractivity contribution in [2.24, 2.45) is 5.92 Å². The number of rotatable bonds is 6. The lowest BCUT2D eigenvalue weighted by atomic mass is 9.95. The van der Waals surface area contributed by atoms with Gasteiger partial charge in [-0.2, -0.15) is 0 Å². The van der Waals surface area contributed by atoms with E-state index in [9.17, 15) is 0 Å². The van der Waals surface area contributed by atoms with E-state index in [4.69, 9.17) is 4.74 Å².